The normalized spacial score (nSPS) is 14.3. The molecule has 0 saturated carbocycles. The second kappa shape index (κ2) is 8.81. The number of carboxylic acid groups (broad SMARTS) is 1. The lowest BCUT2D eigenvalue weighted by Crippen LogP contribution is -2.44. The topological polar surface area (TPSA) is 131 Å². The number of likely N-dealkylation sites (N-methyl/N-ethyl adjacent to an activating group) is 1. The molecule has 8 nitrogen and oxygen atoms in total. The third-order valence-corrected chi connectivity index (χ3v) is 2.30. The van der Waals surface area contributed by atoms with Crippen molar-refractivity contribution < 1.29 is 19.4 Å². The van der Waals surface area contributed by atoms with E-state index in [0.717, 1.165) is 0 Å². The molecule has 0 fully saturated rings. The van der Waals surface area contributed by atoms with Gasteiger partial charge in [0, 0.05) is 33.2 Å². The first-order valence-corrected chi connectivity index (χ1v) is 5.59. The van der Waals surface area contributed by atoms with Crippen molar-refractivity contribution in [2.45, 2.75) is 25.0 Å². The second-order valence-electron chi connectivity index (χ2n) is 4.08. The maximum atomic E-state index is 11.5. The van der Waals surface area contributed by atoms with Crippen LogP contribution in [0.1, 0.15) is 12.8 Å². The number of nitrogens with one attached hydrogen (secondary N) is 1. The van der Waals surface area contributed by atoms with E-state index in [0.29, 0.717) is 13.0 Å². The van der Waals surface area contributed by atoms with Crippen LogP contribution in [-0.4, -0.2) is 61.4 Å². The molecule has 0 unspecified atom stereocenters. The van der Waals surface area contributed by atoms with Gasteiger partial charge in [-0.25, -0.2) is 5.01 Å². The van der Waals surface area contributed by atoms with Crippen LogP contribution in [0, 0.1) is 0 Å². The minimum Gasteiger partial charge on any atom is -0.480 e. The van der Waals surface area contributed by atoms with Crippen LogP contribution in [0.25, 0.3) is 0 Å². The number of rotatable bonds is 9. The highest BCUT2D eigenvalue weighted by Gasteiger charge is 2.16. The van der Waals surface area contributed by atoms with Gasteiger partial charge in [-0.05, 0) is 6.42 Å². The Labute approximate surface area is 106 Å². The molecule has 18 heavy (non-hydrogen) atoms. The van der Waals surface area contributed by atoms with Gasteiger partial charge in [-0.15, -0.1) is 0 Å². The van der Waals surface area contributed by atoms with E-state index in [1.807, 2.05) is 0 Å². The average Bonchev–Trinajstić information content (AvgIpc) is 2.23. The number of hydrazine groups is 1. The number of nitrogens with zero attached hydrogens (tertiary/aromatic N) is 1. The number of hydrogen-bond acceptors (Lipinski definition) is 6. The summed E-state index contributed by atoms with van der Waals surface area (Å²) >= 11 is 0. The number of aliphatic carboxylic acids is 1. The number of methoxy groups -OCH3 is 1. The summed E-state index contributed by atoms with van der Waals surface area (Å²) in [5, 5.41) is 9.70. The Morgan fingerprint density at radius 1 is 1.50 bits per heavy atom. The zero-order chi connectivity index (χ0) is 14.1. The Hall–Kier alpha value is -1.22. The SMILES string of the molecule is CO[C@@H](CN)C[C@@H](N)CC(=O)NN(C)CC(=O)O. The number of carbonyl (C=O) groups excluding carboxylic acids is 1. The number of hydrogen-bond donors (Lipinski definition) is 4. The van der Waals surface area contributed by atoms with Gasteiger partial charge in [0.1, 0.15) is 6.54 Å². The number of ether oxygens (including phenoxy) is 1. The molecule has 106 valence electrons. The van der Waals surface area contributed by atoms with E-state index < -0.39 is 5.97 Å². The number of carboxylic acids is 1. The number of nitrogens with two attached hydrogens (primary N) is 2. The fraction of sp³-hybridized carbons (Fsp3) is 0.800. The van der Waals surface area contributed by atoms with Crippen molar-refractivity contribution in [3.05, 3.63) is 0 Å². The monoisotopic (exact) mass is 262 g/mol. The van der Waals surface area contributed by atoms with Gasteiger partial charge in [0.2, 0.25) is 5.91 Å². The van der Waals surface area contributed by atoms with Gasteiger partial charge < -0.3 is 21.3 Å². The van der Waals surface area contributed by atoms with Crippen molar-refractivity contribution in [1.82, 2.24) is 10.4 Å². The molecule has 0 aliphatic carbocycles. The molecule has 0 saturated heterocycles. The van der Waals surface area contributed by atoms with Crippen molar-refractivity contribution in [1.29, 1.82) is 0 Å². The molecule has 2 atom stereocenters. The summed E-state index contributed by atoms with van der Waals surface area (Å²) in [7, 11) is 3.00. The van der Waals surface area contributed by atoms with Crippen LogP contribution in [0.4, 0.5) is 0 Å². The first-order chi connectivity index (χ1) is 8.38. The molecule has 0 spiro atoms. The van der Waals surface area contributed by atoms with Crippen molar-refractivity contribution in [3.8, 4) is 0 Å². The zero-order valence-electron chi connectivity index (χ0n) is 10.8. The lowest BCUT2D eigenvalue weighted by molar-refractivity contribution is -0.139. The summed E-state index contributed by atoms with van der Waals surface area (Å²) in [5.74, 6) is -1.36. The molecule has 0 aromatic carbocycles. The molecule has 0 aliphatic rings. The zero-order valence-corrected chi connectivity index (χ0v) is 10.8. The standard InChI is InChI=1S/C10H22N4O4/c1-14(6-10(16)17)13-9(15)4-7(12)3-8(5-11)18-2/h7-8H,3-6,11-12H2,1-2H3,(H,13,15)(H,16,17)/t7-,8-/m1/s1. The fourth-order valence-electron chi connectivity index (χ4n) is 1.45. The number of carbonyl (C=O) groups is 2. The molecular weight excluding hydrogens is 240 g/mol. The van der Waals surface area contributed by atoms with Crippen LogP contribution in [0.15, 0.2) is 0 Å². The molecule has 0 aromatic heterocycles. The van der Waals surface area contributed by atoms with Crippen LogP contribution in [0.3, 0.4) is 0 Å². The van der Waals surface area contributed by atoms with Crippen molar-refractivity contribution in [2.24, 2.45) is 11.5 Å². The van der Waals surface area contributed by atoms with E-state index in [2.05, 4.69) is 5.43 Å². The summed E-state index contributed by atoms with van der Waals surface area (Å²) in [6.45, 7) is 0.0647. The summed E-state index contributed by atoms with van der Waals surface area (Å²) in [6, 6.07) is -0.378. The molecule has 0 radical (unpaired) electrons. The van der Waals surface area contributed by atoms with Gasteiger partial charge in [-0.1, -0.05) is 0 Å². The third kappa shape index (κ3) is 7.96. The van der Waals surface area contributed by atoms with E-state index in [-0.39, 0.29) is 31.0 Å². The Bertz CT molecular complexity index is 271. The number of amides is 1. The minimum atomic E-state index is -1.02. The second-order valence-corrected chi connectivity index (χ2v) is 4.08. The van der Waals surface area contributed by atoms with Crippen LogP contribution in [0.5, 0.6) is 0 Å². The maximum Gasteiger partial charge on any atom is 0.319 e. The summed E-state index contributed by atoms with van der Waals surface area (Å²) < 4.78 is 5.06. The molecule has 6 N–H and O–H groups in total. The highest BCUT2D eigenvalue weighted by Crippen LogP contribution is 2.02. The Morgan fingerprint density at radius 2 is 2.11 bits per heavy atom. The largest absolute Gasteiger partial charge is 0.480 e. The van der Waals surface area contributed by atoms with E-state index in [1.54, 1.807) is 0 Å². The first-order valence-electron chi connectivity index (χ1n) is 5.59. The predicted molar refractivity (Wildman–Crippen MR) is 65.5 cm³/mol. The maximum absolute atomic E-state index is 11.5. The van der Waals surface area contributed by atoms with Gasteiger partial charge >= 0.3 is 5.97 Å². The average molecular weight is 262 g/mol. The molecule has 0 bridgehead atoms. The summed E-state index contributed by atoms with van der Waals surface area (Å²) in [4.78, 5) is 21.9. The van der Waals surface area contributed by atoms with Crippen molar-refractivity contribution in [3.63, 3.8) is 0 Å². The summed E-state index contributed by atoms with van der Waals surface area (Å²) in [5.41, 5.74) is 13.6. The quantitative estimate of drug-likeness (QED) is 0.357. The molecular formula is C10H22N4O4. The molecule has 0 heterocycles. The molecule has 1 amide bonds. The van der Waals surface area contributed by atoms with Gasteiger partial charge in [0.05, 0.1) is 6.10 Å². The fourth-order valence-corrected chi connectivity index (χ4v) is 1.45. The lowest BCUT2D eigenvalue weighted by atomic mass is 10.1. The van der Waals surface area contributed by atoms with E-state index in [1.165, 1.54) is 19.2 Å². The van der Waals surface area contributed by atoms with E-state index in [4.69, 9.17) is 21.3 Å². The summed E-state index contributed by atoms with van der Waals surface area (Å²) in [6.07, 6.45) is 0.386. The van der Waals surface area contributed by atoms with Crippen LogP contribution in [0.2, 0.25) is 0 Å². The predicted octanol–water partition coefficient (Wildman–Crippen LogP) is -1.88. The van der Waals surface area contributed by atoms with E-state index >= 15 is 0 Å². The van der Waals surface area contributed by atoms with Crippen LogP contribution >= 0.6 is 0 Å². The minimum absolute atomic E-state index is 0.0871. The Kier molecular flexibility index (Phi) is 8.21. The highest BCUT2D eigenvalue weighted by molar-refractivity contribution is 5.76. The van der Waals surface area contributed by atoms with Gasteiger partial charge in [0.25, 0.3) is 0 Å². The molecule has 0 aromatic rings. The molecule has 8 heteroatoms. The Morgan fingerprint density at radius 3 is 2.56 bits per heavy atom. The highest BCUT2D eigenvalue weighted by atomic mass is 16.5. The van der Waals surface area contributed by atoms with E-state index in [9.17, 15) is 9.59 Å². The van der Waals surface area contributed by atoms with Crippen LogP contribution in [-0.2, 0) is 14.3 Å². The van der Waals surface area contributed by atoms with Crippen molar-refractivity contribution >= 4 is 11.9 Å². The van der Waals surface area contributed by atoms with Gasteiger partial charge in [-0.3, -0.25) is 15.0 Å². The van der Waals surface area contributed by atoms with Crippen molar-refractivity contribution in [2.75, 3.05) is 27.2 Å². The molecule has 0 rings (SSSR count). The Balaban J connectivity index is 3.96. The van der Waals surface area contributed by atoms with Gasteiger partial charge in [-0.2, -0.15) is 0 Å². The smallest absolute Gasteiger partial charge is 0.319 e. The first kappa shape index (κ1) is 16.8. The van der Waals surface area contributed by atoms with Gasteiger partial charge in [0.15, 0.2) is 0 Å². The lowest BCUT2D eigenvalue weighted by Gasteiger charge is -2.20. The third-order valence-electron chi connectivity index (χ3n) is 2.30. The van der Waals surface area contributed by atoms with Crippen LogP contribution < -0.4 is 16.9 Å². The molecule has 0 aliphatic heterocycles.